The van der Waals surface area contributed by atoms with E-state index in [9.17, 15) is 9.59 Å². The van der Waals surface area contributed by atoms with Crippen molar-refractivity contribution < 1.29 is 19.1 Å². The highest BCUT2D eigenvalue weighted by Gasteiger charge is 2.48. The lowest BCUT2D eigenvalue weighted by Crippen LogP contribution is -2.51. The molecule has 0 radical (unpaired) electrons. The van der Waals surface area contributed by atoms with E-state index < -0.39 is 11.7 Å². The Morgan fingerprint density at radius 2 is 1.74 bits per heavy atom. The van der Waals surface area contributed by atoms with Crippen LogP contribution in [0.2, 0.25) is 0 Å². The van der Waals surface area contributed by atoms with Crippen LogP contribution in [0, 0.1) is 0 Å². The zero-order chi connectivity index (χ0) is 24.2. The number of carbonyl (C=O) groups is 2. The summed E-state index contributed by atoms with van der Waals surface area (Å²) < 4.78 is 10.9. The zero-order valence-electron chi connectivity index (χ0n) is 20.3. The molecule has 2 aliphatic heterocycles. The molecule has 4 rings (SSSR count). The molecule has 2 N–H and O–H groups in total. The molecule has 0 saturated carbocycles. The number of rotatable bonds is 5. The summed E-state index contributed by atoms with van der Waals surface area (Å²) >= 11 is 0. The highest BCUT2D eigenvalue weighted by Crippen LogP contribution is 2.48. The largest absolute Gasteiger partial charge is 0.445 e. The van der Waals surface area contributed by atoms with Gasteiger partial charge in [0.2, 0.25) is 0 Å². The van der Waals surface area contributed by atoms with E-state index in [1.54, 1.807) is 0 Å². The molecule has 2 aliphatic rings. The van der Waals surface area contributed by atoms with Crippen molar-refractivity contribution in [3.8, 4) is 0 Å². The maximum absolute atomic E-state index is 12.7. The Morgan fingerprint density at radius 3 is 2.44 bits per heavy atom. The van der Waals surface area contributed by atoms with E-state index in [-0.39, 0.29) is 24.2 Å². The van der Waals surface area contributed by atoms with Crippen LogP contribution in [0.15, 0.2) is 54.6 Å². The predicted molar refractivity (Wildman–Crippen MR) is 132 cm³/mol. The lowest BCUT2D eigenvalue weighted by atomic mass is 9.69. The minimum absolute atomic E-state index is 0.0809. The molecule has 2 amide bonds. The lowest BCUT2D eigenvalue weighted by Gasteiger charge is -2.43. The second-order valence-corrected chi connectivity index (χ2v) is 10.1. The van der Waals surface area contributed by atoms with Crippen LogP contribution in [-0.4, -0.2) is 48.4 Å². The van der Waals surface area contributed by atoms with E-state index in [1.165, 1.54) is 5.56 Å². The van der Waals surface area contributed by atoms with E-state index in [4.69, 9.17) is 9.47 Å². The molecule has 1 fully saturated rings. The molecule has 0 bridgehead atoms. The summed E-state index contributed by atoms with van der Waals surface area (Å²) in [6.07, 6.45) is 1.80. The van der Waals surface area contributed by atoms with E-state index >= 15 is 0 Å². The molecular weight excluding hydrogens is 430 g/mol. The van der Waals surface area contributed by atoms with Crippen LogP contribution >= 0.6 is 0 Å². The second kappa shape index (κ2) is 9.95. The van der Waals surface area contributed by atoms with Gasteiger partial charge in [0.25, 0.3) is 0 Å². The SMILES string of the molecule is CC(C)(C)OC(=O)NCCC1Nc2ccccc2C12CCN(C(=O)OCc1ccccc1)CC2. The van der Waals surface area contributed by atoms with Crippen molar-refractivity contribution in [1.29, 1.82) is 0 Å². The zero-order valence-corrected chi connectivity index (χ0v) is 20.3. The van der Waals surface area contributed by atoms with Crippen molar-refractivity contribution in [2.24, 2.45) is 0 Å². The van der Waals surface area contributed by atoms with Gasteiger partial charge < -0.3 is 25.0 Å². The number of nitrogens with zero attached hydrogens (tertiary/aromatic N) is 1. The first-order chi connectivity index (χ1) is 16.3. The van der Waals surface area contributed by atoms with Crippen LogP contribution in [0.3, 0.4) is 0 Å². The molecule has 34 heavy (non-hydrogen) atoms. The molecule has 2 aromatic carbocycles. The van der Waals surface area contributed by atoms with Crippen LogP contribution < -0.4 is 10.6 Å². The van der Waals surface area contributed by atoms with Crippen molar-refractivity contribution in [2.75, 3.05) is 25.0 Å². The quantitative estimate of drug-likeness (QED) is 0.645. The maximum Gasteiger partial charge on any atom is 0.410 e. The number of likely N-dealkylation sites (tertiary alicyclic amines) is 1. The van der Waals surface area contributed by atoms with Crippen molar-refractivity contribution >= 4 is 17.9 Å². The Bertz CT molecular complexity index is 994. The molecular formula is C27H35N3O4. The fourth-order valence-corrected chi connectivity index (χ4v) is 5.05. The normalized spacial score (nSPS) is 18.7. The topological polar surface area (TPSA) is 79.9 Å². The van der Waals surface area contributed by atoms with E-state index in [0.717, 1.165) is 30.5 Å². The number of carbonyl (C=O) groups excluding carboxylic acids is 2. The number of anilines is 1. The number of piperidine rings is 1. The monoisotopic (exact) mass is 465 g/mol. The minimum atomic E-state index is -0.519. The average molecular weight is 466 g/mol. The Balaban J connectivity index is 1.37. The predicted octanol–water partition coefficient (Wildman–Crippen LogP) is 5.07. The summed E-state index contributed by atoms with van der Waals surface area (Å²) in [6, 6.07) is 18.3. The van der Waals surface area contributed by atoms with Gasteiger partial charge in [-0.1, -0.05) is 48.5 Å². The van der Waals surface area contributed by atoms with Gasteiger partial charge in [-0.15, -0.1) is 0 Å². The molecule has 1 unspecified atom stereocenters. The number of ether oxygens (including phenoxy) is 2. The fourth-order valence-electron chi connectivity index (χ4n) is 5.05. The first-order valence-electron chi connectivity index (χ1n) is 12.1. The molecule has 7 nitrogen and oxygen atoms in total. The molecule has 2 heterocycles. The van der Waals surface area contributed by atoms with Gasteiger partial charge in [-0.3, -0.25) is 0 Å². The number of fused-ring (bicyclic) bond motifs is 2. The van der Waals surface area contributed by atoms with Gasteiger partial charge in [-0.25, -0.2) is 9.59 Å². The average Bonchev–Trinajstić information content (AvgIpc) is 3.10. The van der Waals surface area contributed by atoms with Gasteiger partial charge in [-0.2, -0.15) is 0 Å². The molecule has 0 aliphatic carbocycles. The molecule has 7 heteroatoms. The van der Waals surface area contributed by atoms with Crippen LogP contribution in [0.4, 0.5) is 15.3 Å². The fraction of sp³-hybridized carbons (Fsp3) is 0.481. The summed E-state index contributed by atoms with van der Waals surface area (Å²) in [5.74, 6) is 0. The van der Waals surface area contributed by atoms with Gasteiger partial charge in [0.05, 0.1) is 0 Å². The number of alkyl carbamates (subject to hydrolysis) is 1. The van der Waals surface area contributed by atoms with Gasteiger partial charge >= 0.3 is 12.2 Å². The first-order valence-corrected chi connectivity index (χ1v) is 12.1. The number of nitrogens with one attached hydrogen (secondary N) is 2. The number of amides is 2. The van der Waals surface area contributed by atoms with E-state index in [1.807, 2.05) is 62.1 Å². The Morgan fingerprint density at radius 1 is 1.06 bits per heavy atom. The number of hydrogen-bond acceptors (Lipinski definition) is 5. The van der Waals surface area contributed by atoms with Gasteiger partial charge in [0, 0.05) is 36.8 Å². The highest BCUT2D eigenvalue weighted by molar-refractivity contribution is 5.69. The van der Waals surface area contributed by atoms with Gasteiger partial charge in [0.1, 0.15) is 12.2 Å². The molecule has 1 spiro atoms. The third-order valence-electron chi connectivity index (χ3n) is 6.68. The Labute approximate surface area is 201 Å². The Kier molecular flexibility index (Phi) is 7.00. The van der Waals surface area contributed by atoms with Crippen LogP contribution in [-0.2, 0) is 21.5 Å². The van der Waals surface area contributed by atoms with Crippen molar-refractivity contribution in [2.45, 2.75) is 63.7 Å². The first kappa shape index (κ1) is 23.9. The van der Waals surface area contributed by atoms with Crippen molar-refractivity contribution in [3.63, 3.8) is 0 Å². The molecule has 0 aromatic heterocycles. The van der Waals surface area contributed by atoms with Crippen LogP contribution in [0.1, 0.15) is 51.2 Å². The highest BCUT2D eigenvalue weighted by atomic mass is 16.6. The maximum atomic E-state index is 12.7. The summed E-state index contributed by atoms with van der Waals surface area (Å²) in [5.41, 5.74) is 2.83. The minimum Gasteiger partial charge on any atom is -0.445 e. The third kappa shape index (κ3) is 5.46. The summed E-state index contributed by atoms with van der Waals surface area (Å²) in [7, 11) is 0. The molecule has 1 saturated heterocycles. The smallest absolute Gasteiger partial charge is 0.410 e. The number of hydrogen-bond donors (Lipinski definition) is 2. The summed E-state index contributed by atoms with van der Waals surface area (Å²) in [6.45, 7) is 7.65. The van der Waals surface area contributed by atoms with Gasteiger partial charge in [-0.05, 0) is 57.2 Å². The van der Waals surface area contributed by atoms with Crippen molar-refractivity contribution in [3.05, 3.63) is 65.7 Å². The van der Waals surface area contributed by atoms with Crippen LogP contribution in [0.25, 0.3) is 0 Å². The standard InChI is InChI=1S/C27H35N3O4/c1-26(2,3)34-24(31)28-16-13-23-27(21-11-7-8-12-22(21)29-23)14-17-30(18-15-27)25(32)33-19-20-9-5-4-6-10-20/h4-12,23,29H,13-19H2,1-3H3,(H,28,31). The number of benzene rings is 2. The third-order valence-corrected chi connectivity index (χ3v) is 6.68. The summed E-state index contributed by atoms with van der Waals surface area (Å²) in [5, 5.41) is 6.57. The molecule has 1 atom stereocenters. The summed E-state index contributed by atoms with van der Waals surface area (Å²) in [4.78, 5) is 26.6. The Hall–Kier alpha value is -3.22. The van der Waals surface area contributed by atoms with Crippen molar-refractivity contribution in [1.82, 2.24) is 10.2 Å². The van der Waals surface area contributed by atoms with E-state index in [2.05, 4.69) is 28.8 Å². The molecule has 182 valence electrons. The lowest BCUT2D eigenvalue weighted by molar-refractivity contribution is 0.0521. The van der Waals surface area contributed by atoms with E-state index in [0.29, 0.717) is 19.6 Å². The second-order valence-electron chi connectivity index (χ2n) is 10.1. The number of para-hydroxylation sites is 1. The van der Waals surface area contributed by atoms with Gasteiger partial charge in [0.15, 0.2) is 0 Å². The molecule has 2 aromatic rings. The van der Waals surface area contributed by atoms with Crippen LogP contribution in [0.5, 0.6) is 0 Å².